The van der Waals surface area contributed by atoms with E-state index < -0.39 is 0 Å². The van der Waals surface area contributed by atoms with Crippen molar-refractivity contribution in [2.75, 3.05) is 6.61 Å². The Balaban J connectivity index is 2.89. The third-order valence-corrected chi connectivity index (χ3v) is 1.94. The van der Waals surface area contributed by atoms with Gasteiger partial charge in [0.2, 0.25) is 0 Å². The molecule has 3 heteroatoms. The molecule has 0 radical (unpaired) electrons. The van der Waals surface area contributed by atoms with Crippen LogP contribution in [0.3, 0.4) is 0 Å². The van der Waals surface area contributed by atoms with Crippen molar-refractivity contribution in [3.8, 4) is 0 Å². The summed E-state index contributed by atoms with van der Waals surface area (Å²) in [4.78, 5) is 13.1. The van der Waals surface area contributed by atoms with Gasteiger partial charge >= 0.3 is 6.09 Å². The number of allylic oxidation sites excluding steroid dienone is 6. The van der Waals surface area contributed by atoms with Crippen molar-refractivity contribution in [2.24, 2.45) is 0 Å². The number of amides is 1. The highest BCUT2D eigenvalue weighted by atomic mass is 16.6. The van der Waals surface area contributed by atoms with Crippen molar-refractivity contribution < 1.29 is 9.53 Å². The molecule has 0 unspecified atom stereocenters. The molecule has 0 saturated carbocycles. The van der Waals surface area contributed by atoms with E-state index in [1.54, 1.807) is 11.8 Å². The van der Waals surface area contributed by atoms with Crippen molar-refractivity contribution in [1.82, 2.24) is 4.90 Å². The number of carbonyl (C=O) groups excluding carboxylic acids is 1. The van der Waals surface area contributed by atoms with Gasteiger partial charge in [0, 0.05) is 11.4 Å². The molecule has 0 N–H and O–H groups in total. The first kappa shape index (κ1) is 10.6. The molecule has 76 valence electrons. The van der Waals surface area contributed by atoms with E-state index in [4.69, 9.17) is 4.74 Å². The summed E-state index contributed by atoms with van der Waals surface area (Å²) in [7, 11) is 0. The van der Waals surface area contributed by atoms with E-state index in [1.165, 1.54) is 0 Å². The van der Waals surface area contributed by atoms with E-state index in [1.807, 2.05) is 38.2 Å². The van der Waals surface area contributed by atoms with Crippen molar-refractivity contribution in [3.63, 3.8) is 0 Å². The predicted octanol–water partition coefficient (Wildman–Crippen LogP) is 2.82. The number of hydrogen-bond donors (Lipinski definition) is 0. The van der Waals surface area contributed by atoms with Gasteiger partial charge < -0.3 is 4.74 Å². The lowest BCUT2D eigenvalue weighted by Crippen LogP contribution is -2.28. The van der Waals surface area contributed by atoms with Crippen LogP contribution in [0.4, 0.5) is 4.79 Å². The molecule has 0 spiro atoms. The average Bonchev–Trinajstić information content (AvgIpc) is 2.28. The van der Waals surface area contributed by atoms with E-state index in [2.05, 4.69) is 0 Å². The van der Waals surface area contributed by atoms with Crippen LogP contribution in [0.5, 0.6) is 0 Å². The minimum absolute atomic E-state index is 0.321. The van der Waals surface area contributed by atoms with Crippen LogP contribution >= 0.6 is 0 Å². The summed E-state index contributed by atoms with van der Waals surface area (Å²) in [5.41, 5.74) is 1.73. The van der Waals surface area contributed by atoms with Crippen LogP contribution in [0.1, 0.15) is 20.8 Å². The fourth-order valence-corrected chi connectivity index (χ4v) is 1.29. The Kier molecular flexibility index (Phi) is 3.51. The van der Waals surface area contributed by atoms with Crippen molar-refractivity contribution >= 4 is 6.09 Å². The molecule has 3 nitrogen and oxygen atoms in total. The highest BCUT2D eigenvalue weighted by Crippen LogP contribution is 2.16. The van der Waals surface area contributed by atoms with Gasteiger partial charge in [-0.2, -0.15) is 0 Å². The second-order valence-electron chi connectivity index (χ2n) is 3.04. The van der Waals surface area contributed by atoms with Crippen LogP contribution < -0.4 is 0 Å². The van der Waals surface area contributed by atoms with Gasteiger partial charge in [0.1, 0.15) is 0 Å². The maximum Gasteiger partial charge on any atom is 0.418 e. The second-order valence-corrected chi connectivity index (χ2v) is 3.04. The summed E-state index contributed by atoms with van der Waals surface area (Å²) in [5.74, 6) is 0. The summed E-state index contributed by atoms with van der Waals surface area (Å²) in [6.07, 6.45) is 7.24. The fourth-order valence-electron chi connectivity index (χ4n) is 1.29. The first-order chi connectivity index (χ1) is 6.66. The zero-order valence-corrected chi connectivity index (χ0v) is 8.78. The molecule has 0 aromatic carbocycles. The molecule has 1 rings (SSSR count). The van der Waals surface area contributed by atoms with Crippen LogP contribution in [-0.4, -0.2) is 17.6 Å². The van der Waals surface area contributed by atoms with Crippen LogP contribution in [-0.2, 0) is 4.74 Å². The molecule has 1 heterocycles. The number of hydrogen-bond acceptors (Lipinski definition) is 2. The highest BCUT2D eigenvalue weighted by molar-refractivity contribution is 5.72. The fraction of sp³-hybridized carbons (Fsp3) is 0.364. The molecular weight excluding hydrogens is 178 g/mol. The Labute approximate surface area is 84.3 Å². The largest absolute Gasteiger partial charge is 0.449 e. The number of nitrogens with zero attached hydrogens (tertiary/aromatic N) is 1. The zero-order chi connectivity index (χ0) is 10.6. The number of ether oxygens (including phenoxy) is 1. The molecule has 0 aromatic rings. The first-order valence-corrected chi connectivity index (χ1v) is 4.65. The quantitative estimate of drug-likeness (QED) is 0.640. The van der Waals surface area contributed by atoms with Gasteiger partial charge in [-0.3, -0.25) is 4.90 Å². The third-order valence-electron chi connectivity index (χ3n) is 1.94. The Bertz CT molecular complexity index is 291. The lowest BCUT2D eigenvalue weighted by molar-refractivity contribution is 0.127. The van der Waals surface area contributed by atoms with Gasteiger partial charge in [0.15, 0.2) is 0 Å². The molecule has 1 amide bonds. The van der Waals surface area contributed by atoms with Gasteiger partial charge in [-0.15, -0.1) is 0 Å². The molecule has 0 aromatic heterocycles. The van der Waals surface area contributed by atoms with E-state index in [9.17, 15) is 4.79 Å². The molecule has 0 fully saturated rings. The topological polar surface area (TPSA) is 29.5 Å². The lowest BCUT2D eigenvalue weighted by atomic mass is 10.3. The molecule has 1 aliphatic heterocycles. The molecule has 0 atom stereocenters. The molecule has 1 aliphatic rings. The summed E-state index contributed by atoms with van der Waals surface area (Å²) in [6, 6.07) is 0. The van der Waals surface area contributed by atoms with E-state index >= 15 is 0 Å². The third kappa shape index (κ3) is 2.25. The minimum Gasteiger partial charge on any atom is -0.449 e. The summed E-state index contributed by atoms with van der Waals surface area (Å²) < 4.78 is 4.96. The molecular formula is C11H15NO2. The Morgan fingerprint density at radius 2 is 1.79 bits per heavy atom. The van der Waals surface area contributed by atoms with Crippen LogP contribution in [0.15, 0.2) is 35.7 Å². The van der Waals surface area contributed by atoms with Crippen LogP contribution in [0, 0.1) is 0 Å². The van der Waals surface area contributed by atoms with Gasteiger partial charge in [-0.1, -0.05) is 12.2 Å². The average molecular weight is 193 g/mol. The van der Waals surface area contributed by atoms with Crippen LogP contribution in [0.2, 0.25) is 0 Å². The Morgan fingerprint density at radius 1 is 1.29 bits per heavy atom. The highest BCUT2D eigenvalue weighted by Gasteiger charge is 2.18. The van der Waals surface area contributed by atoms with Crippen molar-refractivity contribution in [2.45, 2.75) is 20.8 Å². The molecule has 0 saturated heterocycles. The SMILES string of the molecule is CCOC(=O)N1C(C)=CC=CC=C1C. The summed E-state index contributed by atoms with van der Waals surface area (Å²) >= 11 is 0. The number of rotatable bonds is 1. The maximum absolute atomic E-state index is 11.6. The maximum atomic E-state index is 11.6. The van der Waals surface area contributed by atoms with Crippen LogP contribution in [0.25, 0.3) is 0 Å². The summed E-state index contributed by atoms with van der Waals surface area (Å²) in [5, 5.41) is 0. The zero-order valence-electron chi connectivity index (χ0n) is 8.78. The molecule has 14 heavy (non-hydrogen) atoms. The first-order valence-electron chi connectivity index (χ1n) is 4.65. The van der Waals surface area contributed by atoms with Gasteiger partial charge in [-0.25, -0.2) is 4.79 Å². The van der Waals surface area contributed by atoms with Gasteiger partial charge in [0.05, 0.1) is 6.61 Å². The second kappa shape index (κ2) is 4.65. The standard InChI is InChI=1S/C11H15NO2/c1-4-14-11(13)12-9(2)7-5-6-8-10(12)3/h5-8H,4H2,1-3H3. The molecule has 0 bridgehead atoms. The van der Waals surface area contributed by atoms with Gasteiger partial charge in [-0.05, 0) is 32.9 Å². The Morgan fingerprint density at radius 3 is 2.21 bits per heavy atom. The number of carbonyl (C=O) groups is 1. The van der Waals surface area contributed by atoms with E-state index in [0.29, 0.717) is 6.61 Å². The van der Waals surface area contributed by atoms with E-state index in [0.717, 1.165) is 11.4 Å². The van der Waals surface area contributed by atoms with Gasteiger partial charge in [0.25, 0.3) is 0 Å². The molecule has 0 aliphatic carbocycles. The Hall–Kier alpha value is -1.51. The lowest BCUT2D eigenvalue weighted by Gasteiger charge is -2.21. The van der Waals surface area contributed by atoms with Crippen molar-refractivity contribution in [1.29, 1.82) is 0 Å². The smallest absolute Gasteiger partial charge is 0.418 e. The van der Waals surface area contributed by atoms with Crippen molar-refractivity contribution in [3.05, 3.63) is 35.7 Å². The van der Waals surface area contributed by atoms with E-state index in [-0.39, 0.29) is 6.09 Å². The minimum atomic E-state index is -0.321. The normalized spacial score (nSPS) is 15.8. The summed E-state index contributed by atoms with van der Waals surface area (Å²) in [6.45, 7) is 5.95. The predicted molar refractivity (Wildman–Crippen MR) is 55.5 cm³/mol. The monoisotopic (exact) mass is 193 g/mol.